The molecule has 106 valence electrons. The molecule has 1 aromatic rings. The van der Waals surface area contributed by atoms with E-state index in [9.17, 15) is 9.90 Å². The second kappa shape index (κ2) is 7.92. The Hall–Kier alpha value is -1.39. The molecule has 0 spiro atoms. The van der Waals surface area contributed by atoms with Crippen molar-refractivity contribution in [3.8, 4) is 0 Å². The second-order valence-electron chi connectivity index (χ2n) is 4.91. The molecule has 0 aliphatic carbocycles. The first-order chi connectivity index (χ1) is 9.12. The first-order valence-corrected chi connectivity index (χ1v) is 6.80. The highest BCUT2D eigenvalue weighted by molar-refractivity contribution is 5.78. The minimum Gasteiger partial charge on any atom is -0.394 e. The lowest BCUT2D eigenvalue weighted by atomic mass is 9.93. The molecule has 1 aromatic carbocycles. The molecule has 0 aliphatic heterocycles. The number of hydrogen-bond acceptors (Lipinski definition) is 3. The quantitative estimate of drug-likeness (QED) is 0.622. The molecule has 1 amide bonds. The first kappa shape index (κ1) is 15.7. The Balaban J connectivity index is 2.50. The summed E-state index contributed by atoms with van der Waals surface area (Å²) in [5.74, 6) is -0.0379. The van der Waals surface area contributed by atoms with Crippen LogP contribution in [0.25, 0.3) is 0 Å². The van der Waals surface area contributed by atoms with Gasteiger partial charge in [0.15, 0.2) is 0 Å². The highest BCUT2D eigenvalue weighted by Gasteiger charge is 2.25. The predicted molar refractivity (Wildman–Crippen MR) is 76.8 cm³/mol. The zero-order valence-corrected chi connectivity index (χ0v) is 11.8. The summed E-state index contributed by atoms with van der Waals surface area (Å²) in [4.78, 5) is 11.7. The maximum absolute atomic E-state index is 11.7. The van der Waals surface area contributed by atoms with Gasteiger partial charge in [0.2, 0.25) is 5.91 Å². The zero-order chi connectivity index (χ0) is 14.1. The highest BCUT2D eigenvalue weighted by Crippen LogP contribution is 2.19. The summed E-state index contributed by atoms with van der Waals surface area (Å²) in [6.07, 6.45) is 2.05. The molecule has 0 bridgehead atoms. The van der Waals surface area contributed by atoms with Gasteiger partial charge in [-0.2, -0.15) is 0 Å². The van der Waals surface area contributed by atoms with E-state index in [-0.39, 0.29) is 19.1 Å². The Morgan fingerprint density at radius 3 is 2.58 bits per heavy atom. The lowest BCUT2D eigenvalue weighted by Gasteiger charge is -2.29. The van der Waals surface area contributed by atoms with Gasteiger partial charge in [-0.05, 0) is 18.9 Å². The maximum atomic E-state index is 11.7. The van der Waals surface area contributed by atoms with Crippen LogP contribution in [0.15, 0.2) is 30.3 Å². The van der Waals surface area contributed by atoms with Gasteiger partial charge in [-0.25, -0.2) is 0 Å². The third-order valence-electron chi connectivity index (χ3n) is 3.22. The average Bonchev–Trinajstić information content (AvgIpc) is 2.46. The van der Waals surface area contributed by atoms with Crippen LogP contribution in [0.2, 0.25) is 0 Å². The van der Waals surface area contributed by atoms with Crippen LogP contribution in [0.3, 0.4) is 0 Å². The number of carbonyl (C=O) groups excluding carboxylic acids is 1. The molecule has 0 saturated heterocycles. The third kappa shape index (κ3) is 5.01. The number of benzene rings is 1. The summed E-state index contributed by atoms with van der Waals surface area (Å²) in [5.41, 5.74) is 0.377. The van der Waals surface area contributed by atoms with E-state index in [1.807, 2.05) is 37.3 Å². The topological polar surface area (TPSA) is 61.4 Å². The normalized spacial score (nSPS) is 13.8. The highest BCUT2D eigenvalue weighted by atomic mass is 16.3. The van der Waals surface area contributed by atoms with E-state index in [1.54, 1.807) is 0 Å². The van der Waals surface area contributed by atoms with Gasteiger partial charge in [0.05, 0.1) is 18.7 Å². The van der Waals surface area contributed by atoms with E-state index >= 15 is 0 Å². The Bertz CT molecular complexity index is 381. The largest absolute Gasteiger partial charge is 0.394 e. The molecular formula is C15H24N2O2. The van der Waals surface area contributed by atoms with Crippen molar-refractivity contribution in [2.24, 2.45) is 0 Å². The molecule has 19 heavy (non-hydrogen) atoms. The SMILES string of the molecule is CCCCNC(=O)CNC(C)(CO)c1ccccc1. The van der Waals surface area contributed by atoms with Crippen LogP contribution in [0.4, 0.5) is 0 Å². The van der Waals surface area contributed by atoms with Crippen LogP contribution < -0.4 is 10.6 Å². The minimum absolute atomic E-state index is 0.0379. The van der Waals surface area contributed by atoms with E-state index in [2.05, 4.69) is 17.6 Å². The number of hydrogen-bond donors (Lipinski definition) is 3. The van der Waals surface area contributed by atoms with Crippen molar-refractivity contribution in [2.75, 3.05) is 19.7 Å². The molecule has 0 aromatic heterocycles. The monoisotopic (exact) mass is 264 g/mol. The number of aliphatic hydroxyl groups excluding tert-OH is 1. The average molecular weight is 264 g/mol. The number of rotatable bonds is 8. The summed E-state index contributed by atoms with van der Waals surface area (Å²) < 4.78 is 0. The molecule has 1 atom stereocenters. The van der Waals surface area contributed by atoms with Crippen molar-refractivity contribution >= 4 is 5.91 Å². The molecule has 4 nitrogen and oxygen atoms in total. The van der Waals surface area contributed by atoms with Crippen molar-refractivity contribution in [1.82, 2.24) is 10.6 Å². The number of aliphatic hydroxyl groups is 1. The van der Waals surface area contributed by atoms with Crippen molar-refractivity contribution in [2.45, 2.75) is 32.2 Å². The van der Waals surface area contributed by atoms with Crippen molar-refractivity contribution in [1.29, 1.82) is 0 Å². The number of unbranched alkanes of at least 4 members (excludes halogenated alkanes) is 1. The van der Waals surface area contributed by atoms with Crippen LogP contribution in [-0.2, 0) is 10.3 Å². The zero-order valence-electron chi connectivity index (χ0n) is 11.8. The summed E-state index contributed by atoms with van der Waals surface area (Å²) in [7, 11) is 0. The fraction of sp³-hybridized carbons (Fsp3) is 0.533. The Kier molecular flexibility index (Phi) is 6.53. The van der Waals surface area contributed by atoms with Crippen LogP contribution in [0.1, 0.15) is 32.3 Å². The van der Waals surface area contributed by atoms with Gasteiger partial charge >= 0.3 is 0 Å². The van der Waals surface area contributed by atoms with Crippen LogP contribution in [-0.4, -0.2) is 30.7 Å². The molecule has 0 heterocycles. The number of carbonyl (C=O) groups is 1. The smallest absolute Gasteiger partial charge is 0.233 e. The predicted octanol–water partition coefficient (Wildman–Crippen LogP) is 1.40. The summed E-state index contributed by atoms with van der Waals surface area (Å²) >= 11 is 0. The molecule has 0 fully saturated rings. The fourth-order valence-corrected chi connectivity index (χ4v) is 1.80. The number of amides is 1. The van der Waals surface area contributed by atoms with E-state index in [0.29, 0.717) is 6.54 Å². The van der Waals surface area contributed by atoms with Gasteiger partial charge in [-0.15, -0.1) is 0 Å². The first-order valence-electron chi connectivity index (χ1n) is 6.80. The Morgan fingerprint density at radius 1 is 1.32 bits per heavy atom. The molecular weight excluding hydrogens is 240 g/mol. The van der Waals surface area contributed by atoms with Gasteiger partial charge in [0.25, 0.3) is 0 Å². The fourth-order valence-electron chi connectivity index (χ4n) is 1.80. The molecule has 0 radical (unpaired) electrons. The van der Waals surface area contributed by atoms with E-state index < -0.39 is 5.54 Å². The minimum atomic E-state index is -0.594. The molecule has 1 unspecified atom stereocenters. The molecule has 0 saturated carbocycles. The van der Waals surface area contributed by atoms with Crippen molar-refractivity contribution in [3.63, 3.8) is 0 Å². The summed E-state index contributed by atoms with van der Waals surface area (Å²) in [5, 5.41) is 15.5. The van der Waals surface area contributed by atoms with Gasteiger partial charge in [0, 0.05) is 6.54 Å². The van der Waals surface area contributed by atoms with Crippen molar-refractivity contribution in [3.05, 3.63) is 35.9 Å². The van der Waals surface area contributed by atoms with Gasteiger partial charge in [0.1, 0.15) is 0 Å². The molecule has 4 heteroatoms. The van der Waals surface area contributed by atoms with E-state index in [0.717, 1.165) is 18.4 Å². The third-order valence-corrected chi connectivity index (χ3v) is 3.22. The lowest BCUT2D eigenvalue weighted by Crippen LogP contribution is -2.47. The lowest BCUT2D eigenvalue weighted by molar-refractivity contribution is -0.120. The number of nitrogens with one attached hydrogen (secondary N) is 2. The standard InChI is InChI=1S/C15H24N2O2/c1-3-4-10-16-14(19)11-17-15(2,12-18)13-8-6-5-7-9-13/h5-9,17-18H,3-4,10-12H2,1-2H3,(H,16,19). The second-order valence-corrected chi connectivity index (χ2v) is 4.91. The van der Waals surface area contributed by atoms with Crippen LogP contribution in [0, 0.1) is 0 Å². The molecule has 1 rings (SSSR count). The Labute approximate surface area is 115 Å². The molecule has 3 N–H and O–H groups in total. The van der Waals surface area contributed by atoms with Crippen molar-refractivity contribution < 1.29 is 9.90 Å². The van der Waals surface area contributed by atoms with E-state index in [1.165, 1.54) is 0 Å². The van der Waals surface area contributed by atoms with Crippen LogP contribution >= 0.6 is 0 Å². The van der Waals surface area contributed by atoms with Gasteiger partial charge < -0.3 is 10.4 Å². The molecule has 0 aliphatic rings. The van der Waals surface area contributed by atoms with Gasteiger partial charge in [-0.1, -0.05) is 43.7 Å². The Morgan fingerprint density at radius 2 is 2.00 bits per heavy atom. The summed E-state index contributed by atoms with van der Waals surface area (Å²) in [6, 6.07) is 9.66. The van der Waals surface area contributed by atoms with Gasteiger partial charge in [-0.3, -0.25) is 10.1 Å². The summed E-state index contributed by atoms with van der Waals surface area (Å²) in [6.45, 7) is 4.83. The van der Waals surface area contributed by atoms with Crippen LogP contribution in [0.5, 0.6) is 0 Å². The maximum Gasteiger partial charge on any atom is 0.233 e. The van der Waals surface area contributed by atoms with E-state index in [4.69, 9.17) is 0 Å².